The molecule has 0 aliphatic carbocycles. The van der Waals surface area contributed by atoms with Crippen LogP contribution in [0.2, 0.25) is 0 Å². The van der Waals surface area contributed by atoms with E-state index < -0.39 is 0 Å². The van der Waals surface area contributed by atoms with Crippen molar-refractivity contribution in [1.29, 1.82) is 0 Å². The van der Waals surface area contributed by atoms with E-state index in [2.05, 4.69) is 6.58 Å². The van der Waals surface area contributed by atoms with Gasteiger partial charge in [-0.1, -0.05) is 43.5 Å². The van der Waals surface area contributed by atoms with E-state index in [0.29, 0.717) is 24.3 Å². The molecule has 0 bridgehead atoms. The van der Waals surface area contributed by atoms with Gasteiger partial charge in [-0.15, -0.1) is 0 Å². The Balaban J connectivity index is 1.64. The molecule has 0 N–H and O–H groups in total. The lowest BCUT2D eigenvalue weighted by molar-refractivity contribution is -0.114. The van der Waals surface area contributed by atoms with E-state index >= 15 is 0 Å². The van der Waals surface area contributed by atoms with Crippen molar-refractivity contribution in [1.82, 2.24) is 0 Å². The minimum absolute atomic E-state index is 0.120. The molecule has 0 fully saturated rings. The summed E-state index contributed by atoms with van der Waals surface area (Å²) in [4.78, 5) is 23.3. The quantitative estimate of drug-likeness (QED) is 0.205. The second kappa shape index (κ2) is 11.8. The molecule has 2 aromatic rings. The number of rotatable bonds is 12. The maximum absolute atomic E-state index is 12.2. The van der Waals surface area contributed by atoms with Gasteiger partial charge in [0, 0.05) is 6.42 Å². The number of esters is 1. The molecule has 0 aliphatic heterocycles. The van der Waals surface area contributed by atoms with Crippen molar-refractivity contribution in [3.05, 3.63) is 72.3 Å². The molecule has 2 rings (SSSR count). The zero-order valence-corrected chi connectivity index (χ0v) is 16.5. The molecule has 0 heterocycles. The second-order valence-electron chi connectivity index (χ2n) is 6.76. The van der Waals surface area contributed by atoms with Crippen molar-refractivity contribution in [2.24, 2.45) is 0 Å². The van der Waals surface area contributed by atoms with Gasteiger partial charge in [-0.2, -0.15) is 0 Å². The molecular formula is C24H28O4. The molecule has 0 saturated heterocycles. The van der Waals surface area contributed by atoms with Gasteiger partial charge in [0.25, 0.3) is 0 Å². The highest BCUT2D eigenvalue weighted by atomic mass is 16.5. The predicted molar refractivity (Wildman–Crippen MR) is 111 cm³/mol. The van der Waals surface area contributed by atoms with Crippen LogP contribution >= 0.6 is 0 Å². The Kier molecular flexibility index (Phi) is 8.99. The van der Waals surface area contributed by atoms with Gasteiger partial charge in [0.1, 0.15) is 11.5 Å². The number of unbranched alkanes of at least 4 members (excludes halogenated alkanes) is 4. The predicted octanol–water partition coefficient (Wildman–Crippen LogP) is 5.69. The van der Waals surface area contributed by atoms with E-state index in [1.165, 1.54) is 6.08 Å². The summed E-state index contributed by atoms with van der Waals surface area (Å²) >= 11 is 0. The molecule has 4 heteroatoms. The number of aryl methyl sites for hydroxylation is 1. The molecule has 0 amide bonds. The molecule has 0 saturated carbocycles. The summed E-state index contributed by atoms with van der Waals surface area (Å²) in [6.45, 7) is 6.09. The van der Waals surface area contributed by atoms with Gasteiger partial charge < -0.3 is 9.47 Å². The number of allylic oxidation sites excluding steroid dienone is 1. The summed E-state index contributed by atoms with van der Waals surface area (Å²) in [5, 5.41) is 0. The maximum Gasteiger partial charge on any atom is 0.343 e. The average Bonchev–Trinajstić information content (AvgIpc) is 2.71. The third-order valence-electron chi connectivity index (χ3n) is 4.39. The summed E-state index contributed by atoms with van der Waals surface area (Å²) in [5.74, 6) is 1.01. The second-order valence-corrected chi connectivity index (χ2v) is 6.76. The fraction of sp³-hybridized carbons (Fsp3) is 0.333. The number of carbonyl (C=O) groups is 2. The van der Waals surface area contributed by atoms with E-state index in [1.807, 2.05) is 19.1 Å². The minimum atomic E-state index is -0.384. The molecule has 28 heavy (non-hydrogen) atoms. The van der Waals surface area contributed by atoms with E-state index in [1.54, 1.807) is 36.4 Å². The molecular weight excluding hydrogens is 352 g/mol. The third kappa shape index (κ3) is 7.78. The van der Waals surface area contributed by atoms with Gasteiger partial charge >= 0.3 is 5.97 Å². The Morgan fingerprint density at radius 1 is 0.857 bits per heavy atom. The van der Waals surface area contributed by atoms with Crippen LogP contribution in [-0.2, 0) is 4.79 Å². The topological polar surface area (TPSA) is 52.6 Å². The summed E-state index contributed by atoms with van der Waals surface area (Å²) < 4.78 is 11.1. The number of ether oxygens (including phenoxy) is 2. The fourth-order valence-corrected chi connectivity index (χ4v) is 2.68. The Bertz CT molecular complexity index is 760. The van der Waals surface area contributed by atoms with E-state index in [-0.39, 0.29) is 11.8 Å². The highest BCUT2D eigenvalue weighted by Gasteiger charge is 2.08. The lowest BCUT2D eigenvalue weighted by Gasteiger charge is -2.08. The van der Waals surface area contributed by atoms with Gasteiger partial charge in [0.2, 0.25) is 0 Å². The third-order valence-corrected chi connectivity index (χ3v) is 4.39. The Morgan fingerprint density at radius 3 is 2.14 bits per heavy atom. The average molecular weight is 380 g/mol. The molecule has 2 aromatic carbocycles. The lowest BCUT2D eigenvalue weighted by atomic mass is 10.1. The van der Waals surface area contributed by atoms with Crippen molar-refractivity contribution in [3.63, 3.8) is 0 Å². The van der Waals surface area contributed by atoms with Crippen LogP contribution < -0.4 is 9.47 Å². The Labute approximate surface area is 167 Å². The smallest absolute Gasteiger partial charge is 0.343 e. The van der Waals surface area contributed by atoms with E-state index in [0.717, 1.165) is 43.4 Å². The van der Waals surface area contributed by atoms with Crippen LogP contribution in [0.15, 0.2) is 61.2 Å². The van der Waals surface area contributed by atoms with Crippen LogP contribution in [0.1, 0.15) is 54.4 Å². The molecule has 0 radical (unpaired) electrons. The van der Waals surface area contributed by atoms with Crippen molar-refractivity contribution >= 4 is 11.8 Å². The van der Waals surface area contributed by atoms with Crippen LogP contribution in [-0.4, -0.2) is 18.4 Å². The number of hydrogen-bond acceptors (Lipinski definition) is 4. The van der Waals surface area contributed by atoms with Crippen molar-refractivity contribution in [3.8, 4) is 11.5 Å². The Hall–Kier alpha value is -2.88. The first kappa shape index (κ1) is 21.4. The first-order chi connectivity index (χ1) is 13.6. The van der Waals surface area contributed by atoms with E-state index in [9.17, 15) is 9.59 Å². The summed E-state index contributed by atoms with van der Waals surface area (Å²) in [6, 6.07) is 14.4. The first-order valence-electron chi connectivity index (χ1n) is 9.75. The Morgan fingerprint density at radius 2 is 1.46 bits per heavy atom. The SMILES string of the molecule is C=CC(=O)CCCCCCCOc1ccc(C(=O)Oc2ccc(C)cc2)cc1. The molecule has 148 valence electrons. The van der Waals surface area contributed by atoms with Gasteiger partial charge in [-0.3, -0.25) is 4.79 Å². The van der Waals surface area contributed by atoms with Crippen molar-refractivity contribution < 1.29 is 19.1 Å². The van der Waals surface area contributed by atoms with Gasteiger partial charge in [0.15, 0.2) is 5.78 Å². The first-order valence-corrected chi connectivity index (χ1v) is 9.75. The van der Waals surface area contributed by atoms with E-state index in [4.69, 9.17) is 9.47 Å². The fourth-order valence-electron chi connectivity index (χ4n) is 2.68. The molecule has 0 aromatic heterocycles. The summed E-state index contributed by atoms with van der Waals surface area (Å²) in [5.41, 5.74) is 1.60. The van der Waals surface area contributed by atoms with Gasteiger partial charge in [-0.05, 0) is 62.2 Å². The molecule has 0 spiro atoms. The highest BCUT2D eigenvalue weighted by Crippen LogP contribution is 2.17. The molecule has 0 atom stereocenters. The van der Waals surface area contributed by atoms with Crippen LogP contribution in [0.3, 0.4) is 0 Å². The molecule has 0 aliphatic rings. The lowest BCUT2D eigenvalue weighted by Crippen LogP contribution is -2.08. The van der Waals surface area contributed by atoms with Gasteiger partial charge in [-0.25, -0.2) is 4.79 Å². The van der Waals surface area contributed by atoms with Crippen LogP contribution in [0, 0.1) is 6.92 Å². The monoisotopic (exact) mass is 380 g/mol. The molecule has 0 unspecified atom stereocenters. The minimum Gasteiger partial charge on any atom is -0.494 e. The standard InChI is InChI=1S/C24H28O4/c1-3-21(25)9-7-5-4-6-8-18-27-22-16-12-20(13-17-22)24(26)28-23-14-10-19(2)11-15-23/h3,10-17H,1,4-9,18H2,2H3. The van der Waals surface area contributed by atoms with Crippen molar-refractivity contribution in [2.75, 3.05) is 6.61 Å². The normalized spacial score (nSPS) is 10.3. The summed E-state index contributed by atoms with van der Waals surface area (Å²) in [6.07, 6.45) is 7.09. The zero-order chi connectivity index (χ0) is 20.2. The molecule has 4 nitrogen and oxygen atoms in total. The largest absolute Gasteiger partial charge is 0.494 e. The number of ketones is 1. The van der Waals surface area contributed by atoms with Crippen LogP contribution in [0.5, 0.6) is 11.5 Å². The number of benzene rings is 2. The number of carbonyl (C=O) groups excluding carboxylic acids is 2. The number of hydrogen-bond donors (Lipinski definition) is 0. The van der Waals surface area contributed by atoms with Crippen molar-refractivity contribution in [2.45, 2.75) is 45.4 Å². The summed E-state index contributed by atoms with van der Waals surface area (Å²) in [7, 11) is 0. The zero-order valence-electron chi connectivity index (χ0n) is 16.5. The van der Waals surface area contributed by atoms with Gasteiger partial charge in [0.05, 0.1) is 12.2 Å². The maximum atomic E-state index is 12.2. The van der Waals surface area contributed by atoms with Crippen LogP contribution in [0.25, 0.3) is 0 Å². The highest BCUT2D eigenvalue weighted by molar-refractivity contribution is 5.91. The van der Waals surface area contributed by atoms with Crippen LogP contribution in [0.4, 0.5) is 0 Å².